The lowest BCUT2D eigenvalue weighted by Crippen LogP contribution is -1.99. The number of rotatable bonds is 5. The molecule has 0 bridgehead atoms. The van der Waals surface area contributed by atoms with Crippen LogP contribution in [-0.2, 0) is 11.2 Å². The van der Waals surface area contributed by atoms with Crippen LogP contribution in [0.3, 0.4) is 0 Å². The molecule has 3 rings (SSSR count). The quantitative estimate of drug-likeness (QED) is 0.722. The molecule has 0 aliphatic rings. The van der Waals surface area contributed by atoms with Gasteiger partial charge in [-0.25, -0.2) is 4.98 Å². The fourth-order valence-corrected chi connectivity index (χ4v) is 3.11. The maximum absolute atomic E-state index is 10.7. The van der Waals surface area contributed by atoms with Crippen LogP contribution in [0, 0.1) is 13.8 Å². The van der Waals surface area contributed by atoms with Crippen molar-refractivity contribution in [2.75, 3.05) is 0 Å². The van der Waals surface area contributed by atoms with E-state index in [9.17, 15) is 4.79 Å². The molecule has 4 nitrogen and oxygen atoms in total. The Kier molecular flexibility index (Phi) is 4.62. The maximum atomic E-state index is 10.7. The number of aryl methyl sites for hydroxylation is 2. The Morgan fingerprint density at radius 3 is 2.62 bits per heavy atom. The van der Waals surface area contributed by atoms with Crippen LogP contribution in [0.4, 0.5) is 0 Å². The van der Waals surface area contributed by atoms with Gasteiger partial charge in [0.15, 0.2) is 0 Å². The zero-order valence-corrected chi connectivity index (χ0v) is 14.3. The molecule has 0 fully saturated rings. The van der Waals surface area contributed by atoms with Crippen molar-refractivity contribution >= 4 is 17.3 Å². The average molecular weight is 339 g/mol. The molecule has 0 amide bonds. The smallest absolute Gasteiger partial charge is 0.309 e. The molecule has 2 aromatic carbocycles. The molecule has 0 unspecified atom stereocenters. The lowest BCUT2D eigenvalue weighted by atomic mass is 10.1. The van der Waals surface area contributed by atoms with Gasteiger partial charge >= 0.3 is 5.97 Å². The van der Waals surface area contributed by atoms with Crippen molar-refractivity contribution in [2.24, 2.45) is 0 Å². The number of carboxylic acid groups (broad SMARTS) is 1. The number of carbonyl (C=O) groups is 1. The molecule has 3 aromatic rings. The highest BCUT2D eigenvalue weighted by molar-refractivity contribution is 7.13. The van der Waals surface area contributed by atoms with Crippen LogP contribution in [0.15, 0.2) is 47.8 Å². The monoisotopic (exact) mass is 339 g/mol. The van der Waals surface area contributed by atoms with Gasteiger partial charge in [-0.15, -0.1) is 11.3 Å². The van der Waals surface area contributed by atoms with Gasteiger partial charge in [0.25, 0.3) is 0 Å². The van der Waals surface area contributed by atoms with Crippen molar-refractivity contribution in [2.45, 2.75) is 20.3 Å². The van der Waals surface area contributed by atoms with Crippen LogP contribution in [0.25, 0.3) is 10.6 Å². The summed E-state index contributed by atoms with van der Waals surface area (Å²) in [5, 5.41) is 11.4. The summed E-state index contributed by atoms with van der Waals surface area (Å²) in [6.07, 6.45) is -0.0513. The van der Waals surface area contributed by atoms with E-state index in [4.69, 9.17) is 9.84 Å². The first-order valence-electron chi connectivity index (χ1n) is 7.53. The molecule has 1 heterocycles. The highest BCUT2D eigenvalue weighted by atomic mass is 32.1. The summed E-state index contributed by atoms with van der Waals surface area (Å²) in [4.78, 5) is 15.1. The van der Waals surface area contributed by atoms with Crippen molar-refractivity contribution < 1.29 is 14.6 Å². The highest BCUT2D eigenvalue weighted by Crippen LogP contribution is 2.29. The molecule has 1 aromatic heterocycles. The Morgan fingerprint density at radius 2 is 1.92 bits per heavy atom. The predicted molar refractivity (Wildman–Crippen MR) is 94.9 cm³/mol. The molecule has 0 atom stereocenters. The first-order valence-corrected chi connectivity index (χ1v) is 8.41. The first-order chi connectivity index (χ1) is 11.5. The van der Waals surface area contributed by atoms with E-state index >= 15 is 0 Å². The van der Waals surface area contributed by atoms with E-state index in [1.54, 1.807) is 5.38 Å². The van der Waals surface area contributed by atoms with E-state index in [2.05, 4.69) is 11.1 Å². The normalized spacial score (nSPS) is 10.6. The number of aromatic nitrogens is 1. The standard InChI is InChI=1S/C19H17NO3S/c1-12-3-4-13(2)17(9-12)23-16-7-5-14(6-8-16)19-20-15(11-24-19)10-18(21)22/h3-9,11H,10H2,1-2H3,(H,21,22). The second-order valence-corrected chi connectivity index (χ2v) is 6.47. The van der Waals surface area contributed by atoms with E-state index in [1.165, 1.54) is 11.3 Å². The van der Waals surface area contributed by atoms with Crippen LogP contribution in [0.2, 0.25) is 0 Å². The number of hydrogen-bond acceptors (Lipinski definition) is 4. The largest absolute Gasteiger partial charge is 0.481 e. The van der Waals surface area contributed by atoms with E-state index in [0.29, 0.717) is 5.69 Å². The molecule has 0 aliphatic heterocycles. The number of ether oxygens (including phenoxy) is 1. The molecular weight excluding hydrogens is 322 g/mol. The third-order valence-corrected chi connectivity index (χ3v) is 4.50. The Labute approximate surface area is 144 Å². The van der Waals surface area contributed by atoms with Crippen LogP contribution >= 0.6 is 11.3 Å². The molecular formula is C19H17NO3S. The number of aliphatic carboxylic acids is 1. The van der Waals surface area contributed by atoms with Crippen molar-refractivity contribution in [1.82, 2.24) is 4.98 Å². The number of carboxylic acids is 1. The molecule has 1 N–H and O–H groups in total. The maximum Gasteiger partial charge on any atom is 0.309 e. The zero-order valence-electron chi connectivity index (χ0n) is 13.4. The summed E-state index contributed by atoms with van der Waals surface area (Å²) in [6, 6.07) is 13.8. The molecule has 5 heteroatoms. The van der Waals surface area contributed by atoms with Crippen molar-refractivity contribution in [1.29, 1.82) is 0 Å². The van der Waals surface area contributed by atoms with E-state index < -0.39 is 5.97 Å². The van der Waals surface area contributed by atoms with Gasteiger partial charge in [0.05, 0.1) is 12.1 Å². The van der Waals surface area contributed by atoms with Crippen LogP contribution < -0.4 is 4.74 Å². The molecule has 0 aliphatic carbocycles. The third-order valence-electron chi connectivity index (χ3n) is 3.56. The Hall–Kier alpha value is -2.66. The summed E-state index contributed by atoms with van der Waals surface area (Å²) in [5.74, 6) is 0.736. The van der Waals surface area contributed by atoms with Crippen LogP contribution in [0.5, 0.6) is 11.5 Å². The number of benzene rings is 2. The molecule has 0 saturated heterocycles. The topological polar surface area (TPSA) is 59.4 Å². The van der Waals surface area contributed by atoms with E-state index in [-0.39, 0.29) is 6.42 Å². The Morgan fingerprint density at radius 1 is 1.17 bits per heavy atom. The van der Waals surface area contributed by atoms with Crippen LogP contribution in [0.1, 0.15) is 16.8 Å². The number of hydrogen-bond donors (Lipinski definition) is 1. The molecule has 24 heavy (non-hydrogen) atoms. The molecule has 0 radical (unpaired) electrons. The predicted octanol–water partition coefficient (Wildman–Crippen LogP) is 4.85. The van der Waals surface area contributed by atoms with Gasteiger partial charge in [0.1, 0.15) is 16.5 Å². The Bertz CT molecular complexity index is 869. The van der Waals surface area contributed by atoms with Crippen LogP contribution in [-0.4, -0.2) is 16.1 Å². The second-order valence-electron chi connectivity index (χ2n) is 5.61. The van der Waals surface area contributed by atoms with Gasteiger partial charge in [-0.05, 0) is 55.3 Å². The second kappa shape index (κ2) is 6.84. The van der Waals surface area contributed by atoms with Gasteiger partial charge in [-0.1, -0.05) is 12.1 Å². The molecule has 0 spiro atoms. The summed E-state index contributed by atoms with van der Waals surface area (Å²) < 4.78 is 5.94. The summed E-state index contributed by atoms with van der Waals surface area (Å²) in [7, 11) is 0. The van der Waals surface area contributed by atoms with E-state index in [1.807, 2.05) is 50.2 Å². The van der Waals surface area contributed by atoms with Gasteiger partial charge < -0.3 is 9.84 Å². The number of nitrogens with zero attached hydrogens (tertiary/aromatic N) is 1. The average Bonchev–Trinajstić information content (AvgIpc) is 2.99. The summed E-state index contributed by atoms with van der Waals surface area (Å²) in [6.45, 7) is 4.05. The van der Waals surface area contributed by atoms with Crippen molar-refractivity contribution in [3.8, 4) is 22.1 Å². The van der Waals surface area contributed by atoms with Crippen molar-refractivity contribution in [3.63, 3.8) is 0 Å². The zero-order chi connectivity index (χ0) is 17.1. The Balaban J connectivity index is 1.77. The lowest BCUT2D eigenvalue weighted by molar-refractivity contribution is -0.136. The van der Waals surface area contributed by atoms with Gasteiger partial charge in [-0.3, -0.25) is 4.79 Å². The van der Waals surface area contributed by atoms with Gasteiger partial charge in [-0.2, -0.15) is 0 Å². The third kappa shape index (κ3) is 3.81. The fourth-order valence-electron chi connectivity index (χ4n) is 2.29. The van der Waals surface area contributed by atoms with Crippen molar-refractivity contribution in [3.05, 3.63) is 64.7 Å². The van der Waals surface area contributed by atoms with Gasteiger partial charge in [0, 0.05) is 10.9 Å². The highest BCUT2D eigenvalue weighted by Gasteiger charge is 2.08. The summed E-state index contributed by atoms with van der Waals surface area (Å²) in [5.41, 5.74) is 3.77. The fraction of sp³-hybridized carbons (Fsp3) is 0.158. The minimum Gasteiger partial charge on any atom is -0.481 e. The van der Waals surface area contributed by atoms with Gasteiger partial charge in [0.2, 0.25) is 0 Å². The van der Waals surface area contributed by atoms with E-state index in [0.717, 1.165) is 33.2 Å². The SMILES string of the molecule is Cc1ccc(C)c(Oc2ccc(-c3nc(CC(=O)O)cs3)cc2)c1. The molecule has 0 saturated carbocycles. The minimum atomic E-state index is -0.871. The molecule has 122 valence electrons. The lowest BCUT2D eigenvalue weighted by Gasteiger charge is -2.09. The minimum absolute atomic E-state index is 0.0513. The summed E-state index contributed by atoms with van der Waals surface area (Å²) >= 11 is 1.44. The first kappa shape index (κ1) is 16.2. The number of thiazole rings is 1.